The number of esters is 1. The molecule has 0 N–H and O–H groups in total. The van der Waals surface area contributed by atoms with E-state index in [2.05, 4.69) is 14.8 Å². The van der Waals surface area contributed by atoms with E-state index in [1.165, 1.54) is 29.3 Å². The van der Waals surface area contributed by atoms with Crippen molar-refractivity contribution in [2.75, 3.05) is 20.2 Å². The summed E-state index contributed by atoms with van der Waals surface area (Å²) in [4.78, 5) is 28.7. The number of aromatic nitrogens is 3. The van der Waals surface area contributed by atoms with Gasteiger partial charge < -0.3 is 9.64 Å². The molecular formula is C11H18N4O3. The minimum Gasteiger partial charge on any atom is -0.468 e. The maximum atomic E-state index is 12.2. The zero-order chi connectivity index (χ0) is 13.5. The van der Waals surface area contributed by atoms with Crippen molar-refractivity contribution in [3.05, 3.63) is 12.7 Å². The Balaban J connectivity index is 2.72. The van der Waals surface area contributed by atoms with Crippen LogP contribution in [0.4, 0.5) is 0 Å². The number of nitrogens with zero attached hydrogens (tertiary/aromatic N) is 4. The minimum atomic E-state index is -0.483. The van der Waals surface area contributed by atoms with E-state index in [1.54, 1.807) is 6.92 Å². The molecule has 7 heteroatoms. The lowest BCUT2D eigenvalue weighted by atomic mass is 10.2. The van der Waals surface area contributed by atoms with Gasteiger partial charge in [0.15, 0.2) is 0 Å². The fourth-order valence-electron chi connectivity index (χ4n) is 1.55. The van der Waals surface area contributed by atoms with Gasteiger partial charge in [0.1, 0.15) is 25.2 Å². The fraction of sp³-hybridized carbons (Fsp3) is 0.636. The van der Waals surface area contributed by atoms with Crippen LogP contribution in [0.15, 0.2) is 12.7 Å². The predicted molar refractivity (Wildman–Crippen MR) is 63.6 cm³/mol. The molecule has 1 heterocycles. The maximum Gasteiger partial charge on any atom is 0.325 e. The molecule has 1 aromatic heterocycles. The molecule has 0 fully saturated rings. The Morgan fingerprint density at radius 3 is 2.72 bits per heavy atom. The van der Waals surface area contributed by atoms with Crippen molar-refractivity contribution in [1.82, 2.24) is 19.7 Å². The molecule has 0 spiro atoms. The number of rotatable bonds is 6. The standard InChI is InChI=1S/C11H18N4O3/c1-4-5-14(6-10(16)18-3)11(17)9(2)15-8-12-7-13-15/h7-9H,4-6H2,1-3H3. The van der Waals surface area contributed by atoms with E-state index in [0.717, 1.165) is 6.42 Å². The molecule has 0 aliphatic rings. The predicted octanol–water partition coefficient (Wildman–Crippen LogP) is 0.251. The van der Waals surface area contributed by atoms with Crippen molar-refractivity contribution in [2.24, 2.45) is 0 Å². The lowest BCUT2D eigenvalue weighted by Gasteiger charge is -2.24. The average molecular weight is 254 g/mol. The molecule has 100 valence electrons. The van der Waals surface area contributed by atoms with Gasteiger partial charge in [-0.3, -0.25) is 9.59 Å². The number of methoxy groups -OCH3 is 1. The highest BCUT2D eigenvalue weighted by atomic mass is 16.5. The van der Waals surface area contributed by atoms with Gasteiger partial charge in [-0.2, -0.15) is 5.10 Å². The van der Waals surface area contributed by atoms with Crippen LogP contribution in [0.5, 0.6) is 0 Å². The first-order chi connectivity index (χ1) is 8.60. The summed E-state index contributed by atoms with van der Waals surface area (Å²) in [5.41, 5.74) is 0. The van der Waals surface area contributed by atoms with Gasteiger partial charge in [-0.05, 0) is 13.3 Å². The summed E-state index contributed by atoms with van der Waals surface area (Å²) in [5, 5.41) is 3.92. The van der Waals surface area contributed by atoms with Crippen LogP contribution >= 0.6 is 0 Å². The Hall–Kier alpha value is -1.92. The van der Waals surface area contributed by atoms with E-state index in [1.807, 2.05) is 6.92 Å². The van der Waals surface area contributed by atoms with Crippen LogP contribution in [0.1, 0.15) is 26.3 Å². The van der Waals surface area contributed by atoms with Gasteiger partial charge >= 0.3 is 5.97 Å². The number of carbonyl (C=O) groups is 2. The molecular weight excluding hydrogens is 236 g/mol. The Morgan fingerprint density at radius 2 is 2.22 bits per heavy atom. The van der Waals surface area contributed by atoms with Crippen molar-refractivity contribution in [3.63, 3.8) is 0 Å². The normalized spacial score (nSPS) is 11.9. The molecule has 0 aromatic carbocycles. The first kappa shape index (κ1) is 14.1. The molecule has 1 atom stereocenters. The van der Waals surface area contributed by atoms with Crippen LogP contribution in [0.2, 0.25) is 0 Å². The molecule has 0 aliphatic carbocycles. The van der Waals surface area contributed by atoms with Crippen molar-refractivity contribution in [2.45, 2.75) is 26.3 Å². The van der Waals surface area contributed by atoms with Crippen LogP contribution in [-0.2, 0) is 14.3 Å². The topological polar surface area (TPSA) is 77.3 Å². The lowest BCUT2D eigenvalue weighted by molar-refractivity contribution is -0.148. The van der Waals surface area contributed by atoms with Gasteiger partial charge in [-0.15, -0.1) is 0 Å². The first-order valence-corrected chi connectivity index (χ1v) is 5.79. The quantitative estimate of drug-likeness (QED) is 0.680. The van der Waals surface area contributed by atoms with Gasteiger partial charge in [0, 0.05) is 6.54 Å². The molecule has 0 saturated carbocycles. The molecule has 18 heavy (non-hydrogen) atoms. The summed E-state index contributed by atoms with van der Waals surface area (Å²) in [7, 11) is 1.30. The average Bonchev–Trinajstić information content (AvgIpc) is 2.90. The van der Waals surface area contributed by atoms with E-state index in [9.17, 15) is 9.59 Å². The Labute approximate surface area is 106 Å². The van der Waals surface area contributed by atoms with Crippen molar-refractivity contribution < 1.29 is 14.3 Å². The van der Waals surface area contributed by atoms with E-state index < -0.39 is 12.0 Å². The third kappa shape index (κ3) is 3.54. The second kappa shape index (κ2) is 6.73. The van der Waals surface area contributed by atoms with Crippen molar-refractivity contribution in [3.8, 4) is 0 Å². The van der Waals surface area contributed by atoms with Crippen LogP contribution in [-0.4, -0.2) is 51.7 Å². The van der Waals surface area contributed by atoms with E-state index in [4.69, 9.17) is 0 Å². The summed E-state index contributed by atoms with van der Waals surface area (Å²) in [6.45, 7) is 4.13. The van der Waals surface area contributed by atoms with Gasteiger partial charge in [0.05, 0.1) is 7.11 Å². The fourth-order valence-corrected chi connectivity index (χ4v) is 1.55. The first-order valence-electron chi connectivity index (χ1n) is 5.79. The van der Waals surface area contributed by atoms with Crippen molar-refractivity contribution in [1.29, 1.82) is 0 Å². The minimum absolute atomic E-state index is 0.0395. The van der Waals surface area contributed by atoms with Gasteiger partial charge in [0.25, 0.3) is 0 Å². The third-order valence-electron chi connectivity index (χ3n) is 2.54. The van der Waals surface area contributed by atoms with Crippen molar-refractivity contribution >= 4 is 11.9 Å². The number of hydrogen-bond donors (Lipinski definition) is 0. The number of hydrogen-bond acceptors (Lipinski definition) is 5. The van der Waals surface area contributed by atoms with E-state index in [-0.39, 0.29) is 12.5 Å². The molecule has 0 aliphatic heterocycles. The number of carbonyl (C=O) groups excluding carboxylic acids is 2. The Bertz CT molecular complexity index is 391. The highest BCUT2D eigenvalue weighted by Crippen LogP contribution is 2.08. The second-order valence-corrected chi connectivity index (χ2v) is 3.89. The summed E-state index contributed by atoms with van der Waals surface area (Å²) >= 11 is 0. The molecule has 0 bridgehead atoms. The molecule has 0 radical (unpaired) electrons. The van der Waals surface area contributed by atoms with Crippen LogP contribution in [0.3, 0.4) is 0 Å². The zero-order valence-electron chi connectivity index (χ0n) is 10.9. The summed E-state index contributed by atoms with van der Waals surface area (Å²) in [6.07, 6.45) is 3.62. The maximum absolute atomic E-state index is 12.2. The Morgan fingerprint density at radius 1 is 1.50 bits per heavy atom. The summed E-state index contributed by atoms with van der Waals surface area (Å²) < 4.78 is 6.04. The molecule has 1 unspecified atom stereocenters. The Kier molecular flexibility index (Phi) is 5.29. The van der Waals surface area contributed by atoms with Crippen LogP contribution in [0, 0.1) is 0 Å². The smallest absolute Gasteiger partial charge is 0.325 e. The summed E-state index contributed by atoms with van der Waals surface area (Å²) in [5.74, 6) is -0.602. The van der Waals surface area contributed by atoms with Gasteiger partial charge in [-0.1, -0.05) is 6.92 Å². The highest BCUT2D eigenvalue weighted by molar-refractivity contribution is 5.84. The highest BCUT2D eigenvalue weighted by Gasteiger charge is 2.23. The SMILES string of the molecule is CCCN(CC(=O)OC)C(=O)C(C)n1cncn1. The zero-order valence-corrected chi connectivity index (χ0v) is 10.9. The van der Waals surface area contributed by atoms with E-state index in [0.29, 0.717) is 6.54 Å². The molecule has 1 amide bonds. The molecule has 7 nitrogen and oxygen atoms in total. The second-order valence-electron chi connectivity index (χ2n) is 3.89. The summed E-state index contributed by atoms with van der Waals surface area (Å²) in [6, 6.07) is -0.483. The number of amides is 1. The van der Waals surface area contributed by atoms with Gasteiger partial charge in [-0.25, -0.2) is 9.67 Å². The van der Waals surface area contributed by atoms with Crippen LogP contribution < -0.4 is 0 Å². The lowest BCUT2D eigenvalue weighted by Crippen LogP contribution is -2.40. The van der Waals surface area contributed by atoms with E-state index >= 15 is 0 Å². The monoisotopic (exact) mass is 254 g/mol. The molecule has 1 aromatic rings. The third-order valence-corrected chi connectivity index (χ3v) is 2.54. The molecule has 1 rings (SSSR count). The van der Waals surface area contributed by atoms with Gasteiger partial charge in [0.2, 0.25) is 5.91 Å². The van der Waals surface area contributed by atoms with Crippen LogP contribution in [0.25, 0.3) is 0 Å². The number of ether oxygens (including phenoxy) is 1. The molecule has 0 saturated heterocycles. The largest absolute Gasteiger partial charge is 0.468 e.